The Hall–Kier alpha value is -2.78. The summed E-state index contributed by atoms with van der Waals surface area (Å²) in [6, 6.07) is 13.4. The molecule has 4 rings (SSSR count). The summed E-state index contributed by atoms with van der Waals surface area (Å²) < 4.78 is 1.61. The molecule has 0 atom stereocenters. The van der Waals surface area contributed by atoms with E-state index in [4.69, 9.17) is 23.2 Å². The van der Waals surface area contributed by atoms with E-state index in [0.29, 0.717) is 26.1 Å². The van der Waals surface area contributed by atoms with E-state index in [-0.39, 0.29) is 11.4 Å². The van der Waals surface area contributed by atoms with Gasteiger partial charge in [0.1, 0.15) is 5.69 Å². The molecule has 0 aliphatic carbocycles. The average molecular weight is 475 g/mol. The van der Waals surface area contributed by atoms with Crippen LogP contribution in [0.5, 0.6) is 0 Å². The van der Waals surface area contributed by atoms with Gasteiger partial charge >= 0.3 is 0 Å². The Morgan fingerprint density at radius 3 is 2.70 bits per heavy atom. The van der Waals surface area contributed by atoms with Gasteiger partial charge in [-0.1, -0.05) is 35.3 Å². The van der Waals surface area contributed by atoms with Gasteiger partial charge in [0.15, 0.2) is 0 Å². The van der Waals surface area contributed by atoms with Crippen molar-refractivity contribution in [3.8, 4) is 11.3 Å². The summed E-state index contributed by atoms with van der Waals surface area (Å²) in [7, 11) is 0. The second-order valence-electron chi connectivity index (χ2n) is 6.00. The number of thiophene rings is 1. The molecule has 6 nitrogen and oxygen atoms in total. The van der Waals surface area contributed by atoms with Crippen molar-refractivity contribution >= 4 is 63.5 Å². The molecule has 0 aliphatic rings. The Bertz CT molecular complexity index is 1310. The third kappa shape index (κ3) is 4.36. The minimum absolute atomic E-state index is 0.0818. The van der Waals surface area contributed by atoms with Gasteiger partial charge in [-0.3, -0.25) is 10.1 Å². The molecule has 0 radical (unpaired) electrons. The Morgan fingerprint density at radius 1 is 1.10 bits per heavy atom. The van der Waals surface area contributed by atoms with Crippen LogP contribution in [0, 0.1) is 10.1 Å². The Kier molecular flexibility index (Phi) is 6.10. The molecule has 4 aromatic rings. The number of para-hydroxylation sites is 2. The van der Waals surface area contributed by atoms with Gasteiger partial charge in [0, 0.05) is 27.6 Å². The molecule has 30 heavy (non-hydrogen) atoms. The van der Waals surface area contributed by atoms with Crippen LogP contribution in [0.15, 0.2) is 74.8 Å². The minimum Gasteiger partial charge on any atom is -0.258 e. The number of nitrogens with zero attached hydrogens (tertiary/aromatic N) is 4. The van der Waals surface area contributed by atoms with Gasteiger partial charge in [0.05, 0.1) is 21.9 Å². The van der Waals surface area contributed by atoms with Gasteiger partial charge in [0.25, 0.3) is 5.69 Å². The van der Waals surface area contributed by atoms with E-state index in [1.165, 1.54) is 17.4 Å². The van der Waals surface area contributed by atoms with Crippen LogP contribution < -0.4 is 4.80 Å². The van der Waals surface area contributed by atoms with Crippen molar-refractivity contribution in [1.29, 1.82) is 0 Å². The van der Waals surface area contributed by atoms with Crippen molar-refractivity contribution in [1.82, 2.24) is 4.68 Å². The van der Waals surface area contributed by atoms with Crippen molar-refractivity contribution in [2.24, 2.45) is 10.1 Å². The van der Waals surface area contributed by atoms with Crippen molar-refractivity contribution in [2.45, 2.75) is 0 Å². The number of nitro groups is 1. The average Bonchev–Trinajstić information content (AvgIpc) is 3.38. The molecule has 0 saturated heterocycles. The molecular formula is C20H12Cl2N4O2S2. The first kappa shape index (κ1) is 20.5. The van der Waals surface area contributed by atoms with Crippen LogP contribution >= 0.6 is 45.9 Å². The highest BCUT2D eigenvalue weighted by Crippen LogP contribution is 2.32. The van der Waals surface area contributed by atoms with E-state index < -0.39 is 4.92 Å². The van der Waals surface area contributed by atoms with Crippen LogP contribution in [0.25, 0.3) is 11.3 Å². The second-order valence-corrected chi connectivity index (χ2v) is 8.46. The lowest BCUT2D eigenvalue weighted by Crippen LogP contribution is -2.11. The molecule has 10 heteroatoms. The van der Waals surface area contributed by atoms with E-state index in [1.807, 2.05) is 22.2 Å². The van der Waals surface area contributed by atoms with Crippen LogP contribution in [0.1, 0.15) is 5.56 Å². The van der Waals surface area contributed by atoms with Crippen molar-refractivity contribution in [3.05, 3.63) is 95.2 Å². The summed E-state index contributed by atoms with van der Waals surface area (Å²) in [6.07, 6.45) is 1.70. The molecule has 0 amide bonds. The van der Waals surface area contributed by atoms with Crippen molar-refractivity contribution < 1.29 is 4.92 Å². The number of nitro benzene ring substituents is 1. The predicted octanol–water partition coefficient (Wildman–Crippen LogP) is 6.61. The molecule has 0 N–H and O–H groups in total. The molecule has 0 unspecified atom stereocenters. The maximum Gasteiger partial charge on any atom is 0.294 e. The largest absolute Gasteiger partial charge is 0.294 e. The number of hydrogen-bond acceptors (Lipinski definition) is 6. The minimum atomic E-state index is -0.458. The maximum absolute atomic E-state index is 11.4. The molecule has 0 spiro atoms. The number of hydrogen-bond donors (Lipinski definition) is 0. The second kappa shape index (κ2) is 8.93. The fraction of sp³-hybridized carbons (Fsp3) is 0. The molecule has 2 aromatic heterocycles. The molecule has 0 fully saturated rings. The zero-order valence-electron chi connectivity index (χ0n) is 15.1. The molecule has 0 aliphatic heterocycles. The SMILES string of the molecule is O=[N+]([O-])c1ccccc1N=c1scc(-c2cc(Cl)ccc2Cl)n1N=Cc1ccsc1. The van der Waals surface area contributed by atoms with Crippen LogP contribution in [-0.2, 0) is 0 Å². The zero-order valence-corrected chi connectivity index (χ0v) is 18.3. The number of rotatable bonds is 5. The van der Waals surface area contributed by atoms with E-state index >= 15 is 0 Å². The quantitative estimate of drug-likeness (QED) is 0.185. The Balaban J connectivity index is 1.93. The third-order valence-corrected chi connectivity index (χ3v) is 6.13. The molecule has 150 valence electrons. The fourth-order valence-electron chi connectivity index (χ4n) is 2.66. The monoisotopic (exact) mass is 474 g/mol. The van der Waals surface area contributed by atoms with Crippen LogP contribution in [0.2, 0.25) is 10.0 Å². The first-order valence-corrected chi connectivity index (χ1v) is 11.1. The highest BCUT2D eigenvalue weighted by atomic mass is 35.5. The number of benzene rings is 2. The summed E-state index contributed by atoms with van der Waals surface area (Å²) in [5.41, 5.74) is 2.45. The summed E-state index contributed by atoms with van der Waals surface area (Å²) in [5, 5.41) is 22.7. The van der Waals surface area contributed by atoms with Gasteiger partial charge in [0.2, 0.25) is 4.80 Å². The fourth-order valence-corrected chi connectivity index (χ4v) is 4.49. The van der Waals surface area contributed by atoms with E-state index in [9.17, 15) is 10.1 Å². The lowest BCUT2D eigenvalue weighted by molar-refractivity contribution is -0.384. The molecule has 0 bridgehead atoms. The summed E-state index contributed by atoms with van der Waals surface area (Å²) in [6.45, 7) is 0. The summed E-state index contributed by atoms with van der Waals surface area (Å²) in [5.74, 6) is 0. The summed E-state index contributed by atoms with van der Waals surface area (Å²) in [4.78, 5) is 15.9. The van der Waals surface area contributed by atoms with Gasteiger partial charge in [-0.2, -0.15) is 16.4 Å². The Labute approximate surface area is 189 Å². The van der Waals surface area contributed by atoms with Crippen LogP contribution in [0.3, 0.4) is 0 Å². The smallest absolute Gasteiger partial charge is 0.258 e. The van der Waals surface area contributed by atoms with Crippen molar-refractivity contribution in [2.75, 3.05) is 0 Å². The number of thiazole rings is 1. The van der Waals surface area contributed by atoms with E-state index in [0.717, 1.165) is 5.56 Å². The standard InChI is InChI=1S/C20H12Cl2N4O2S2/c21-14-5-6-16(22)15(9-14)19-12-30-20(25(19)23-10-13-7-8-29-11-13)24-17-3-1-2-4-18(17)26(27)28/h1-12H. The molecular weight excluding hydrogens is 463 g/mol. The van der Waals surface area contributed by atoms with Gasteiger partial charge < -0.3 is 0 Å². The molecule has 2 aromatic carbocycles. The zero-order chi connectivity index (χ0) is 21.1. The number of aromatic nitrogens is 1. The van der Waals surface area contributed by atoms with E-state index in [2.05, 4.69) is 10.1 Å². The first-order chi connectivity index (χ1) is 14.5. The van der Waals surface area contributed by atoms with Crippen molar-refractivity contribution in [3.63, 3.8) is 0 Å². The summed E-state index contributed by atoms with van der Waals surface area (Å²) >= 11 is 15.4. The van der Waals surface area contributed by atoms with Gasteiger partial charge in [-0.15, -0.1) is 11.3 Å². The maximum atomic E-state index is 11.4. The third-order valence-electron chi connectivity index (χ3n) is 4.05. The van der Waals surface area contributed by atoms with Gasteiger partial charge in [-0.05, 0) is 41.1 Å². The van der Waals surface area contributed by atoms with Gasteiger partial charge in [-0.25, -0.2) is 9.67 Å². The number of halogens is 2. The molecule has 0 saturated carbocycles. The van der Waals surface area contributed by atoms with Crippen LogP contribution in [0.4, 0.5) is 11.4 Å². The highest BCUT2D eigenvalue weighted by Gasteiger charge is 2.15. The lowest BCUT2D eigenvalue weighted by Gasteiger charge is -2.06. The lowest BCUT2D eigenvalue weighted by atomic mass is 10.2. The van der Waals surface area contributed by atoms with E-state index in [1.54, 1.807) is 58.6 Å². The predicted molar refractivity (Wildman–Crippen MR) is 123 cm³/mol. The normalized spacial score (nSPS) is 12.0. The molecule has 2 heterocycles. The topological polar surface area (TPSA) is 72.8 Å². The van der Waals surface area contributed by atoms with Crippen LogP contribution in [-0.4, -0.2) is 15.8 Å². The highest BCUT2D eigenvalue weighted by molar-refractivity contribution is 7.08. The first-order valence-electron chi connectivity index (χ1n) is 8.53. The Morgan fingerprint density at radius 2 is 1.93 bits per heavy atom.